The molecule has 0 unspecified atom stereocenters. The third-order valence-corrected chi connectivity index (χ3v) is 2.82. The van der Waals surface area contributed by atoms with Gasteiger partial charge in [0.1, 0.15) is 11.0 Å². The SMILES string of the molecule is C=CCNc1nc(NC)nc2c(NCC=C)nc(NC)nc12. The number of anilines is 4. The molecule has 0 saturated carbocycles. The summed E-state index contributed by atoms with van der Waals surface area (Å²) >= 11 is 0. The summed E-state index contributed by atoms with van der Waals surface area (Å²) in [5.74, 6) is 2.22. The van der Waals surface area contributed by atoms with E-state index < -0.39 is 0 Å². The summed E-state index contributed by atoms with van der Waals surface area (Å²) in [5.41, 5.74) is 1.26. The van der Waals surface area contributed by atoms with Crippen LogP contribution in [0.4, 0.5) is 23.5 Å². The zero-order chi connectivity index (χ0) is 15.9. The van der Waals surface area contributed by atoms with Crippen molar-refractivity contribution in [3.8, 4) is 0 Å². The van der Waals surface area contributed by atoms with Crippen molar-refractivity contribution in [2.24, 2.45) is 0 Å². The van der Waals surface area contributed by atoms with Gasteiger partial charge in [0.2, 0.25) is 11.9 Å². The van der Waals surface area contributed by atoms with Crippen LogP contribution in [0, 0.1) is 0 Å². The maximum atomic E-state index is 4.45. The summed E-state index contributed by atoms with van der Waals surface area (Å²) in [7, 11) is 3.52. The van der Waals surface area contributed by atoms with E-state index in [1.165, 1.54) is 0 Å². The second-order valence-electron chi connectivity index (χ2n) is 4.33. The monoisotopic (exact) mass is 300 g/mol. The molecule has 0 aliphatic heterocycles. The number of hydrogen-bond donors (Lipinski definition) is 4. The number of rotatable bonds is 8. The Morgan fingerprint density at radius 2 is 1.18 bits per heavy atom. The molecule has 0 atom stereocenters. The van der Waals surface area contributed by atoms with Gasteiger partial charge in [0.25, 0.3) is 0 Å². The Kier molecular flexibility index (Phi) is 5.07. The van der Waals surface area contributed by atoms with Crippen molar-refractivity contribution in [3.05, 3.63) is 25.3 Å². The van der Waals surface area contributed by atoms with Crippen molar-refractivity contribution in [1.82, 2.24) is 19.9 Å². The molecule has 0 aliphatic rings. The Morgan fingerprint density at radius 1 is 0.773 bits per heavy atom. The zero-order valence-corrected chi connectivity index (χ0v) is 12.8. The van der Waals surface area contributed by atoms with E-state index in [-0.39, 0.29) is 0 Å². The maximum absolute atomic E-state index is 4.45. The van der Waals surface area contributed by atoms with Crippen molar-refractivity contribution < 1.29 is 0 Å². The lowest BCUT2D eigenvalue weighted by Gasteiger charge is -2.13. The van der Waals surface area contributed by atoms with Crippen LogP contribution in [0.2, 0.25) is 0 Å². The highest BCUT2D eigenvalue weighted by molar-refractivity contribution is 5.94. The number of nitrogens with one attached hydrogen (secondary N) is 4. The molecule has 4 N–H and O–H groups in total. The van der Waals surface area contributed by atoms with Gasteiger partial charge in [-0.1, -0.05) is 12.2 Å². The van der Waals surface area contributed by atoms with Crippen LogP contribution in [0.5, 0.6) is 0 Å². The van der Waals surface area contributed by atoms with E-state index >= 15 is 0 Å². The minimum absolute atomic E-state index is 0.488. The number of fused-ring (bicyclic) bond motifs is 1. The van der Waals surface area contributed by atoms with E-state index in [1.54, 1.807) is 26.2 Å². The van der Waals surface area contributed by atoms with E-state index in [0.717, 1.165) is 0 Å². The molecule has 22 heavy (non-hydrogen) atoms. The van der Waals surface area contributed by atoms with Crippen molar-refractivity contribution in [1.29, 1.82) is 0 Å². The molecule has 2 heterocycles. The zero-order valence-electron chi connectivity index (χ0n) is 12.8. The fraction of sp³-hybridized carbons (Fsp3) is 0.286. The van der Waals surface area contributed by atoms with Gasteiger partial charge in [0.15, 0.2) is 11.6 Å². The molecular weight excluding hydrogens is 280 g/mol. The van der Waals surface area contributed by atoms with Gasteiger partial charge in [0, 0.05) is 27.2 Å². The van der Waals surface area contributed by atoms with Gasteiger partial charge in [0.05, 0.1) is 0 Å². The predicted octanol–water partition coefficient (Wildman–Crippen LogP) is 1.70. The topological polar surface area (TPSA) is 99.7 Å². The lowest BCUT2D eigenvalue weighted by atomic mass is 10.3. The fourth-order valence-corrected chi connectivity index (χ4v) is 1.82. The number of nitrogens with zero attached hydrogens (tertiary/aromatic N) is 4. The normalized spacial score (nSPS) is 10.1. The summed E-state index contributed by atoms with van der Waals surface area (Å²) in [4.78, 5) is 17.7. The summed E-state index contributed by atoms with van der Waals surface area (Å²) in [6, 6.07) is 0. The molecule has 0 fully saturated rings. The molecule has 0 amide bonds. The van der Waals surface area contributed by atoms with Gasteiger partial charge >= 0.3 is 0 Å². The van der Waals surface area contributed by atoms with Gasteiger partial charge in [-0.3, -0.25) is 0 Å². The van der Waals surface area contributed by atoms with Crippen molar-refractivity contribution in [2.45, 2.75) is 0 Å². The van der Waals surface area contributed by atoms with Gasteiger partial charge < -0.3 is 21.3 Å². The predicted molar refractivity (Wildman–Crippen MR) is 91.6 cm³/mol. The average Bonchev–Trinajstić information content (AvgIpc) is 2.56. The minimum atomic E-state index is 0.488. The molecule has 2 rings (SSSR count). The number of hydrogen-bond acceptors (Lipinski definition) is 8. The molecule has 0 bridgehead atoms. The van der Waals surface area contributed by atoms with Crippen LogP contribution in [0.25, 0.3) is 11.0 Å². The molecule has 0 radical (unpaired) electrons. The van der Waals surface area contributed by atoms with Crippen LogP contribution in [0.1, 0.15) is 0 Å². The molecule has 2 aromatic rings. The van der Waals surface area contributed by atoms with Crippen molar-refractivity contribution >= 4 is 34.6 Å². The van der Waals surface area contributed by atoms with E-state index in [2.05, 4.69) is 54.4 Å². The van der Waals surface area contributed by atoms with E-state index in [0.29, 0.717) is 47.7 Å². The van der Waals surface area contributed by atoms with E-state index in [1.807, 2.05) is 0 Å². The first-order valence-electron chi connectivity index (χ1n) is 6.88. The minimum Gasteiger partial charge on any atom is -0.365 e. The number of aromatic nitrogens is 4. The smallest absolute Gasteiger partial charge is 0.225 e. The van der Waals surface area contributed by atoms with Gasteiger partial charge in [-0.05, 0) is 0 Å². The summed E-state index contributed by atoms with van der Waals surface area (Å²) in [6.07, 6.45) is 3.51. The Balaban J connectivity index is 2.65. The quantitative estimate of drug-likeness (QED) is 0.547. The van der Waals surface area contributed by atoms with Gasteiger partial charge in [-0.25, -0.2) is 9.97 Å². The molecule has 116 valence electrons. The standard InChI is InChI=1S/C14H20N8/c1-5-7-17-11-9-10(20-13(15-3)21-11)12(18-8-6-2)22-14(16-4)19-9/h5-6H,1-2,7-8H2,3-4H3,(H2,15,17,20,21)(H2,16,18,19,22). The Morgan fingerprint density at radius 3 is 1.50 bits per heavy atom. The molecule has 0 spiro atoms. The third-order valence-electron chi connectivity index (χ3n) is 2.82. The highest BCUT2D eigenvalue weighted by atomic mass is 15.2. The molecule has 0 aliphatic carbocycles. The van der Waals surface area contributed by atoms with Gasteiger partial charge in [-0.15, -0.1) is 13.2 Å². The molecule has 0 aromatic carbocycles. The Labute approximate surface area is 129 Å². The lowest BCUT2D eigenvalue weighted by Crippen LogP contribution is -2.11. The average molecular weight is 300 g/mol. The van der Waals surface area contributed by atoms with Gasteiger partial charge in [-0.2, -0.15) is 9.97 Å². The Bertz CT molecular complexity index is 623. The van der Waals surface area contributed by atoms with Crippen LogP contribution in [-0.4, -0.2) is 47.1 Å². The molecule has 8 nitrogen and oxygen atoms in total. The van der Waals surface area contributed by atoms with Crippen LogP contribution in [-0.2, 0) is 0 Å². The van der Waals surface area contributed by atoms with E-state index in [4.69, 9.17) is 0 Å². The summed E-state index contributed by atoms with van der Waals surface area (Å²) < 4.78 is 0. The second-order valence-corrected chi connectivity index (χ2v) is 4.33. The first kappa shape index (κ1) is 15.5. The maximum Gasteiger partial charge on any atom is 0.225 e. The molecule has 2 aromatic heterocycles. The van der Waals surface area contributed by atoms with Crippen LogP contribution < -0.4 is 21.3 Å². The third kappa shape index (κ3) is 3.22. The van der Waals surface area contributed by atoms with Crippen LogP contribution >= 0.6 is 0 Å². The van der Waals surface area contributed by atoms with Crippen LogP contribution in [0.15, 0.2) is 25.3 Å². The lowest BCUT2D eigenvalue weighted by molar-refractivity contribution is 1.11. The van der Waals surface area contributed by atoms with Crippen molar-refractivity contribution in [3.63, 3.8) is 0 Å². The highest BCUT2D eigenvalue weighted by Crippen LogP contribution is 2.26. The molecule has 0 saturated heterocycles. The Hall–Kier alpha value is -2.90. The van der Waals surface area contributed by atoms with Crippen LogP contribution in [0.3, 0.4) is 0 Å². The summed E-state index contributed by atoms with van der Waals surface area (Å²) in [5, 5.41) is 12.2. The first-order chi connectivity index (χ1) is 10.7. The second kappa shape index (κ2) is 7.21. The highest BCUT2D eigenvalue weighted by Gasteiger charge is 2.14. The largest absolute Gasteiger partial charge is 0.365 e. The fourth-order valence-electron chi connectivity index (χ4n) is 1.82. The first-order valence-corrected chi connectivity index (χ1v) is 6.88. The summed E-state index contributed by atoms with van der Waals surface area (Å²) in [6.45, 7) is 8.55. The van der Waals surface area contributed by atoms with E-state index in [9.17, 15) is 0 Å². The molecule has 8 heteroatoms. The van der Waals surface area contributed by atoms with Crippen molar-refractivity contribution in [2.75, 3.05) is 48.5 Å². The molecular formula is C14H20N8.